The van der Waals surface area contributed by atoms with Crippen LogP contribution in [-0.2, 0) is 9.59 Å². The molecule has 0 heterocycles. The lowest BCUT2D eigenvalue weighted by Crippen LogP contribution is -1.96. The van der Waals surface area contributed by atoms with E-state index in [4.69, 9.17) is 20.4 Å². The van der Waals surface area contributed by atoms with E-state index < -0.39 is 0 Å². The van der Waals surface area contributed by atoms with Gasteiger partial charge in [-0.3, -0.25) is 0 Å². The monoisotopic (exact) mass is 390 g/mol. The van der Waals surface area contributed by atoms with E-state index in [1.165, 1.54) is 44.5 Å². The van der Waals surface area contributed by atoms with Gasteiger partial charge in [0.2, 0.25) is 12.2 Å². The zero-order valence-electron chi connectivity index (χ0n) is 16.1. The van der Waals surface area contributed by atoms with E-state index in [1.54, 1.807) is 0 Å². The van der Waals surface area contributed by atoms with Crippen LogP contribution in [0.5, 0.6) is 0 Å². The SMILES string of the molecule is N=C=O.N=C=O.c1ccc2c(c1)-c1ccccc1-2.c1ccc2c(c1)-c1ccccc1-2. The van der Waals surface area contributed by atoms with Gasteiger partial charge >= 0.3 is 0 Å². The van der Waals surface area contributed by atoms with Gasteiger partial charge in [0.1, 0.15) is 0 Å². The van der Waals surface area contributed by atoms with Crippen molar-refractivity contribution in [3.05, 3.63) is 97.1 Å². The Bertz CT molecular complexity index is 950. The van der Waals surface area contributed by atoms with Crippen LogP contribution in [-0.4, -0.2) is 12.2 Å². The van der Waals surface area contributed by atoms with Crippen LogP contribution >= 0.6 is 0 Å². The lowest BCUT2D eigenvalue weighted by atomic mass is 9.81. The number of benzene rings is 4. The quantitative estimate of drug-likeness (QED) is 0.230. The molecule has 0 radical (unpaired) electrons. The van der Waals surface area contributed by atoms with E-state index >= 15 is 0 Å². The summed E-state index contributed by atoms with van der Waals surface area (Å²) in [5, 5.41) is 10.8. The lowest BCUT2D eigenvalue weighted by Gasteiger charge is -2.22. The molecule has 0 atom stereocenters. The maximum Gasteiger partial charge on any atom is 0.231 e. The molecule has 4 aromatic rings. The van der Waals surface area contributed by atoms with Gasteiger partial charge in [0.15, 0.2) is 0 Å². The van der Waals surface area contributed by atoms with Gasteiger partial charge in [-0.1, -0.05) is 97.1 Å². The fourth-order valence-electron chi connectivity index (χ4n) is 3.69. The van der Waals surface area contributed by atoms with Crippen molar-refractivity contribution in [3.8, 4) is 44.5 Å². The molecular formula is C26H18N2O2. The lowest BCUT2D eigenvalue weighted by molar-refractivity contribution is 0.562. The molecule has 0 unspecified atom stereocenters. The first-order valence-electron chi connectivity index (χ1n) is 9.22. The highest BCUT2D eigenvalue weighted by Crippen LogP contribution is 2.46. The standard InChI is InChI=1S/2C12H8.2CHNO/c2*1-2-6-10-9(5-1)11-7-3-4-8-12(10)11;2*2-1-3/h2*1-8H;2*2H. The van der Waals surface area contributed by atoms with Crippen LogP contribution in [0.3, 0.4) is 0 Å². The average Bonchev–Trinajstić information content (AvgIpc) is 2.77. The first-order chi connectivity index (χ1) is 14.8. The van der Waals surface area contributed by atoms with Crippen molar-refractivity contribution in [1.82, 2.24) is 0 Å². The fraction of sp³-hybridized carbons (Fsp3) is 0. The summed E-state index contributed by atoms with van der Waals surface area (Å²) in [6.45, 7) is 0. The Labute approximate surface area is 174 Å². The number of rotatable bonds is 0. The molecule has 0 saturated heterocycles. The van der Waals surface area contributed by atoms with Crippen LogP contribution in [0.1, 0.15) is 0 Å². The summed E-state index contributed by atoms with van der Waals surface area (Å²) in [5.41, 5.74) is 11.2. The summed E-state index contributed by atoms with van der Waals surface area (Å²) in [4.78, 5) is 16.7. The molecule has 4 nitrogen and oxygen atoms in total. The number of fused-ring (bicyclic) bond motifs is 8. The maximum atomic E-state index is 8.35. The molecule has 144 valence electrons. The van der Waals surface area contributed by atoms with Crippen molar-refractivity contribution < 1.29 is 9.59 Å². The molecule has 4 aromatic carbocycles. The zero-order valence-corrected chi connectivity index (χ0v) is 16.1. The Morgan fingerprint density at radius 1 is 0.367 bits per heavy atom. The van der Waals surface area contributed by atoms with E-state index in [-0.39, 0.29) is 0 Å². The normalized spacial score (nSPS) is 9.60. The Morgan fingerprint density at radius 2 is 0.467 bits per heavy atom. The summed E-state index contributed by atoms with van der Waals surface area (Å²) in [7, 11) is 0. The van der Waals surface area contributed by atoms with Gasteiger partial charge in [0, 0.05) is 0 Å². The molecule has 0 spiro atoms. The first kappa shape index (κ1) is 20.4. The molecule has 2 aliphatic rings. The predicted molar refractivity (Wildman–Crippen MR) is 119 cm³/mol. The highest BCUT2D eigenvalue weighted by Gasteiger charge is 2.20. The highest BCUT2D eigenvalue weighted by molar-refractivity contribution is 6.02. The molecule has 30 heavy (non-hydrogen) atoms. The van der Waals surface area contributed by atoms with Gasteiger partial charge in [-0.2, -0.15) is 0 Å². The second kappa shape index (κ2) is 9.72. The first-order valence-corrected chi connectivity index (χ1v) is 9.22. The van der Waals surface area contributed by atoms with E-state index in [0.29, 0.717) is 0 Å². The number of isocyanates is 2. The Hall–Kier alpha value is -4.36. The summed E-state index contributed by atoms with van der Waals surface area (Å²) in [6, 6.07) is 34.2. The van der Waals surface area contributed by atoms with E-state index in [1.807, 2.05) is 0 Å². The third kappa shape index (κ3) is 3.91. The highest BCUT2D eigenvalue weighted by atomic mass is 16.1. The van der Waals surface area contributed by atoms with Gasteiger partial charge in [-0.05, 0) is 44.5 Å². The molecule has 0 saturated carbocycles. The largest absolute Gasteiger partial charge is 0.231 e. The van der Waals surface area contributed by atoms with Gasteiger partial charge in [0.25, 0.3) is 0 Å². The topological polar surface area (TPSA) is 81.8 Å². The van der Waals surface area contributed by atoms with Gasteiger partial charge < -0.3 is 0 Å². The minimum Gasteiger partial charge on any atom is -0.222 e. The molecule has 6 rings (SSSR count). The van der Waals surface area contributed by atoms with Crippen molar-refractivity contribution in [2.24, 2.45) is 0 Å². The van der Waals surface area contributed by atoms with Crippen LogP contribution in [0.4, 0.5) is 0 Å². The van der Waals surface area contributed by atoms with Crippen molar-refractivity contribution >= 4 is 12.2 Å². The fourth-order valence-corrected chi connectivity index (χ4v) is 3.69. The second-order valence-electron chi connectivity index (χ2n) is 6.39. The van der Waals surface area contributed by atoms with Crippen LogP contribution in [0.15, 0.2) is 97.1 Å². The Balaban J connectivity index is 0.000000136. The molecule has 0 bridgehead atoms. The third-order valence-corrected chi connectivity index (χ3v) is 4.87. The minimum atomic E-state index is 0.750. The molecule has 2 aliphatic carbocycles. The smallest absolute Gasteiger partial charge is 0.222 e. The number of carbonyl (C=O) groups excluding carboxylic acids is 2. The van der Waals surface area contributed by atoms with Gasteiger partial charge in [-0.15, -0.1) is 0 Å². The van der Waals surface area contributed by atoms with Crippen molar-refractivity contribution in [2.45, 2.75) is 0 Å². The molecular weight excluding hydrogens is 372 g/mol. The molecule has 0 aliphatic heterocycles. The van der Waals surface area contributed by atoms with Crippen molar-refractivity contribution in [2.75, 3.05) is 0 Å². The third-order valence-electron chi connectivity index (χ3n) is 4.87. The molecule has 0 fully saturated rings. The van der Waals surface area contributed by atoms with Crippen LogP contribution in [0.25, 0.3) is 44.5 Å². The number of hydrogen-bond donors (Lipinski definition) is 2. The molecule has 4 heteroatoms. The van der Waals surface area contributed by atoms with E-state index in [0.717, 1.165) is 12.2 Å². The van der Waals surface area contributed by atoms with Crippen LogP contribution in [0, 0.1) is 10.8 Å². The summed E-state index contributed by atoms with van der Waals surface area (Å²) in [5.74, 6) is 0. The molecule has 2 N–H and O–H groups in total. The molecule has 0 aromatic heterocycles. The summed E-state index contributed by atoms with van der Waals surface area (Å²) < 4.78 is 0. The van der Waals surface area contributed by atoms with Gasteiger partial charge in [-0.25, -0.2) is 20.4 Å². The maximum absolute atomic E-state index is 8.35. The van der Waals surface area contributed by atoms with Crippen molar-refractivity contribution in [3.63, 3.8) is 0 Å². The number of nitrogens with one attached hydrogen (secondary N) is 2. The summed E-state index contributed by atoms with van der Waals surface area (Å²) >= 11 is 0. The predicted octanol–water partition coefficient (Wildman–Crippen LogP) is 6.47. The van der Waals surface area contributed by atoms with Crippen molar-refractivity contribution in [1.29, 1.82) is 10.8 Å². The minimum absolute atomic E-state index is 0.750. The average molecular weight is 390 g/mol. The van der Waals surface area contributed by atoms with Crippen LogP contribution in [0.2, 0.25) is 0 Å². The zero-order chi connectivity index (χ0) is 21.3. The second-order valence-corrected chi connectivity index (χ2v) is 6.39. The summed E-state index contributed by atoms with van der Waals surface area (Å²) in [6.07, 6.45) is 1.50. The van der Waals surface area contributed by atoms with Gasteiger partial charge in [0.05, 0.1) is 0 Å². The Kier molecular flexibility index (Phi) is 6.60. The van der Waals surface area contributed by atoms with Crippen LogP contribution < -0.4 is 0 Å². The molecule has 0 amide bonds. The van der Waals surface area contributed by atoms with E-state index in [9.17, 15) is 0 Å². The van der Waals surface area contributed by atoms with E-state index in [2.05, 4.69) is 97.1 Å². The number of hydrogen-bond acceptors (Lipinski definition) is 4. The Morgan fingerprint density at radius 3 is 0.567 bits per heavy atom.